The molecule has 0 aromatic heterocycles. The number of piperazine rings is 1. The minimum atomic E-state index is 0.0911. The Bertz CT molecular complexity index is 451. The molecule has 90 valence electrons. The number of fused-ring (bicyclic) bond motifs is 3. The quantitative estimate of drug-likeness (QED) is 0.564. The van der Waals surface area contributed by atoms with Gasteiger partial charge in [0.1, 0.15) is 0 Å². The molecule has 2 heterocycles. The molecule has 0 saturated carbocycles. The van der Waals surface area contributed by atoms with Gasteiger partial charge in [0.05, 0.1) is 22.4 Å². The minimum absolute atomic E-state index is 0.0911. The number of halogens is 1. The smallest absolute Gasteiger partial charge is 0.226 e. The van der Waals surface area contributed by atoms with Crippen molar-refractivity contribution in [3.8, 4) is 0 Å². The van der Waals surface area contributed by atoms with Crippen LogP contribution in [0, 0.1) is 0 Å². The zero-order valence-electron chi connectivity index (χ0n) is 9.32. The van der Waals surface area contributed by atoms with Crippen molar-refractivity contribution in [1.82, 2.24) is 5.32 Å². The Morgan fingerprint density at radius 2 is 2.12 bits per heavy atom. The van der Waals surface area contributed by atoms with Gasteiger partial charge in [-0.15, -0.1) is 0 Å². The highest BCUT2D eigenvalue weighted by atomic mass is 79.9. The van der Waals surface area contributed by atoms with Crippen LogP contribution in [0.15, 0.2) is 24.3 Å². The number of nitrogens with zero attached hydrogens (tertiary/aromatic N) is 1. The molecule has 2 aliphatic heterocycles. The number of nitrogens with one attached hydrogen (secondary N) is 2. The Morgan fingerprint density at radius 3 is 3.00 bits per heavy atom. The van der Waals surface area contributed by atoms with E-state index < -0.39 is 0 Å². The molecule has 0 spiro atoms. The summed E-state index contributed by atoms with van der Waals surface area (Å²) in [4.78, 5) is 14.4. The van der Waals surface area contributed by atoms with E-state index >= 15 is 0 Å². The Labute approximate surface area is 108 Å². The Hall–Kier alpha value is -1.07. The molecule has 0 radical (unpaired) electrons. The van der Waals surface area contributed by atoms with Gasteiger partial charge in [-0.1, -0.05) is 28.1 Å². The van der Waals surface area contributed by atoms with Crippen LogP contribution in [-0.4, -0.2) is 30.0 Å². The summed E-state index contributed by atoms with van der Waals surface area (Å²) in [5, 5.41) is 6.31. The normalized spacial score (nSPS) is 27.8. The lowest BCUT2D eigenvalue weighted by Gasteiger charge is -2.40. The van der Waals surface area contributed by atoms with E-state index in [-0.39, 0.29) is 16.9 Å². The van der Waals surface area contributed by atoms with E-state index in [1.165, 1.54) is 0 Å². The van der Waals surface area contributed by atoms with Gasteiger partial charge in [-0.25, -0.2) is 0 Å². The maximum atomic E-state index is 11.8. The zero-order valence-corrected chi connectivity index (χ0v) is 10.9. The zero-order chi connectivity index (χ0) is 11.8. The number of carbonyl (C=O) groups is 1. The number of hydrogen-bond donors (Lipinski definition) is 2. The van der Waals surface area contributed by atoms with E-state index in [1.807, 2.05) is 18.2 Å². The molecule has 17 heavy (non-hydrogen) atoms. The third-order valence-electron chi connectivity index (χ3n) is 3.27. The monoisotopic (exact) mass is 295 g/mol. The standard InChI is InChI=1S/C12H14BrN3O/c13-11-7-14-6-8-5-12(17)15-9-3-1-2-4-10(9)16(8)11/h1-4,8,11,14H,5-7H2,(H,15,17). The fraction of sp³-hybridized carbons (Fsp3) is 0.417. The van der Waals surface area contributed by atoms with Crippen molar-refractivity contribution in [1.29, 1.82) is 0 Å². The van der Waals surface area contributed by atoms with Gasteiger partial charge in [-0.2, -0.15) is 0 Å². The molecule has 1 aromatic rings. The SMILES string of the molecule is O=C1CC2CNCC(Br)N2c2ccccc2N1. The Balaban J connectivity index is 2.07. The topological polar surface area (TPSA) is 44.4 Å². The summed E-state index contributed by atoms with van der Waals surface area (Å²) < 4.78 is 0. The van der Waals surface area contributed by atoms with Crippen LogP contribution in [-0.2, 0) is 4.79 Å². The lowest BCUT2D eigenvalue weighted by atomic mass is 10.1. The average molecular weight is 296 g/mol. The second kappa shape index (κ2) is 4.31. The summed E-state index contributed by atoms with van der Waals surface area (Å²) in [7, 11) is 0. The van der Waals surface area contributed by atoms with Gasteiger partial charge in [0.15, 0.2) is 0 Å². The van der Waals surface area contributed by atoms with Gasteiger partial charge < -0.3 is 15.5 Å². The van der Waals surface area contributed by atoms with Gasteiger partial charge in [0, 0.05) is 19.5 Å². The summed E-state index contributed by atoms with van der Waals surface area (Å²) in [6, 6.07) is 8.20. The minimum Gasteiger partial charge on any atom is -0.351 e. The van der Waals surface area contributed by atoms with Gasteiger partial charge in [0.2, 0.25) is 5.91 Å². The molecule has 0 aliphatic carbocycles. The second-order valence-electron chi connectivity index (χ2n) is 4.42. The van der Waals surface area contributed by atoms with Crippen molar-refractivity contribution in [2.24, 2.45) is 0 Å². The molecule has 5 heteroatoms. The van der Waals surface area contributed by atoms with E-state index in [1.54, 1.807) is 0 Å². The summed E-state index contributed by atoms with van der Waals surface area (Å²) in [5.74, 6) is 0.0911. The van der Waals surface area contributed by atoms with E-state index in [0.717, 1.165) is 24.5 Å². The predicted octanol–water partition coefficient (Wildman–Crippen LogP) is 1.53. The number of anilines is 2. The molecule has 2 N–H and O–H groups in total. The summed E-state index contributed by atoms with van der Waals surface area (Å²) in [6.45, 7) is 1.74. The molecular formula is C12H14BrN3O. The molecular weight excluding hydrogens is 282 g/mol. The van der Waals surface area contributed by atoms with Crippen molar-refractivity contribution in [2.75, 3.05) is 23.3 Å². The van der Waals surface area contributed by atoms with Crippen molar-refractivity contribution >= 4 is 33.2 Å². The van der Waals surface area contributed by atoms with Crippen molar-refractivity contribution in [3.63, 3.8) is 0 Å². The largest absolute Gasteiger partial charge is 0.351 e. The van der Waals surface area contributed by atoms with Gasteiger partial charge >= 0.3 is 0 Å². The summed E-state index contributed by atoms with van der Waals surface area (Å²) in [5.41, 5.74) is 2.01. The number of alkyl halides is 1. The number of carbonyl (C=O) groups excluding carboxylic acids is 1. The maximum Gasteiger partial charge on any atom is 0.226 e. The molecule has 2 aliphatic rings. The molecule has 3 rings (SSSR count). The predicted molar refractivity (Wildman–Crippen MR) is 71.5 cm³/mol. The van der Waals surface area contributed by atoms with Gasteiger partial charge in [-0.05, 0) is 12.1 Å². The number of hydrogen-bond acceptors (Lipinski definition) is 3. The second-order valence-corrected chi connectivity index (χ2v) is 5.48. The summed E-state index contributed by atoms with van der Waals surface area (Å²) in [6.07, 6.45) is 0.532. The van der Waals surface area contributed by atoms with Crippen LogP contribution < -0.4 is 15.5 Å². The van der Waals surface area contributed by atoms with Crippen LogP contribution >= 0.6 is 15.9 Å². The molecule has 1 fully saturated rings. The van der Waals surface area contributed by atoms with Crippen molar-refractivity contribution in [3.05, 3.63) is 24.3 Å². The van der Waals surface area contributed by atoms with E-state index in [4.69, 9.17) is 0 Å². The Kier molecular flexibility index (Phi) is 2.80. The lowest BCUT2D eigenvalue weighted by Crippen LogP contribution is -2.55. The molecule has 2 atom stereocenters. The van der Waals surface area contributed by atoms with Crippen LogP contribution in [0.2, 0.25) is 0 Å². The third kappa shape index (κ3) is 1.93. The highest BCUT2D eigenvalue weighted by Gasteiger charge is 2.34. The van der Waals surface area contributed by atoms with Crippen LogP contribution in [0.25, 0.3) is 0 Å². The van der Waals surface area contributed by atoms with Crippen molar-refractivity contribution in [2.45, 2.75) is 17.4 Å². The maximum absolute atomic E-state index is 11.8. The molecule has 1 amide bonds. The first kappa shape index (κ1) is 11.0. The highest BCUT2D eigenvalue weighted by Crippen LogP contribution is 2.35. The summed E-state index contributed by atoms with van der Waals surface area (Å²) >= 11 is 3.68. The van der Waals surface area contributed by atoms with Crippen LogP contribution in [0.4, 0.5) is 11.4 Å². The third-order valence-corrected chi connectivity index (χ3v) is 4.03. The molecule has 2 unspecified atom stereocenters. The fourth-order valence-electron chi connectivity index (χ4n) is 2.53. The van der Waals surface area contributed by atoms with E-state index in [2.05, 4.69) is 37.5 Å². The Morgan fingerprint density at radius 1 is 1.29 bits per heavy atom. The lowest BCUT2D eigenvalue weighted by molar-refractivity contribution is -0.116. The first-order chi connectivity index (χ1) is 8.25. The fourth-order valence-corrected chi connectivity index (χ4v) is 3.32. The van der Waals surface area contributed by atoms with Crippen LogP contribution in [0.3, 0.4) is 0 Å². The van der Waals surface area contributed by atoms with Gasteiger partial charge in [-0.3, -0.25) is 4.79 Å². The number of benzene rings is 1. The first-order valence-corrected chi connectivity index (χ1v) is 6.69. The van der Waals surface area contributed by atoms with Crippen molar-refractivity contribution < 1.29 is 4.79 Å². The first-order valence-electron chi connectivity index (χ1n) is 5.78. The average Bonchev–Trinajstić information content (AvgIpc) is 2.44. The number of rotatable bonds is 0. The molecule has 4 nitrogen and oxygen atoms in total. The number of para-hydroxylation sites is 2. The molecule has 1 saturated heterocycles. The molecule has 1 aromatic carbocycles. The van der Waals surface area contributed by atoms with E-state index in [0.29, 0.717) is 6.42 Å². The van der Waals surface area contributed by atoms with Gasteiger partial charge in [0.25, 0.3) is 0 Å². The van der Waals surface area contributed by atoms with E-state index in [9.17, 15) is 4.79 Å². The number of amides is 1. The van der Waals surface area contributed by atoms with Crippen LogP contribution in [0.5, 0.6) is 0 Å². The van der Waals surface area contributed by atoms with Crippen LogP contribution in [0.1, 0.15) is 6.42 Å². The molecule has 0 bridgehead atoms. The highest BCUT2D eigenvalue weighted by molar-refractivity contribution is 9.09.